The standard InChI is InChI=1S/C13H25N3O3/c1-10(2)16(6-7-19-9-17)8-11-4-5-12(15-11)13(18)14-3/h9-12,15H,4-8H2,1-3H3,(H,14,18). The molecule has 1 fully saturated rings. The molecule has 6 nitrogen and oxygen atoms in total. The van der Waals surface area contributed by atoms with E-state index in [0.717, 1.165) is 25.9 Å². The highest BCUT2D eigenvalue weighted by atomic mass is 16.5. The Kier molecular flexibility index (Phi) is 6.80. The number of nitrogens with one attached hydrogen (secondary N) is 2. The van der Waals surface area contributed by atoms with Crippen molar-refractivity contribution in [2.24, 2.45) is 0 Å². The van der Waals surface area contributed by atoms with E-state index in [1.54, 1.807) is 7.05 Å². The summed E-state index contributed by atoms with van der Waals surface area (Å²) < 4.78 is 4.75. The van der Waals surface area contributed by atoms with Gasteiger partial charge in [0.25, 0.3) is 6.47 Å². The summed E-state index contributed by atoms with van der Waals surface area (Å²) in [7, 11) is 1.66. The molecule has 0 aromatic rings. The van der Waals surface area contributed by atoms with Gasteiger partial charge in [-0.15, -0.1) is 0 Å². The number of amides is 1. The predicted octanol–water partition coefficient (Wildman–Crippen LogP) is -0.264. The van der Waals surface area contributed by atoms with E-state index in [9.17, 15) is 9.59 Å². The highest BCUT2D eigenvalue weighted by Gasteiger charge is 2.29. The molecular formula is C13H25N3O3. The summed E-state index contributed by atoms with van der Waals surface area (Å²) in [5.41, 5.74) is 0. The largest absolute Gasteiger partial charge is 0.467 e. The Hall–Kier alpha value is -1.14. The van der Waals surface area contributed by atoms with Gasteiger partial charge in [0.05, 0.1) is 6.04 Å². The molecule has 1 aliphatic rings. The van der Waals surface area contributed by atoms with E-state index in [-0.39, 0.29) is 11.9 Å². The van der Waals surface area contributed by atoms with Crippen LogP contribution in [-0.4, -0.2) is 62.1 Å². The Bertz CT molecular complexity index is 297. The summed E-state index contributed by atoms with van der Waals surface area (Å²) in [6, 6.07) is 0.632. The van der Waals surface area contributed by atoms with Crippen LogP contribution in [0.2, 0.25) is 0 Å². The number of hydrogen-bond acceptors (Lipinski definition) is 5. The number of ether oxygens (including phenoxy) is 1. The van der Waals surface area contributed by atoms with Crippen LogP contribution in [0.5, 0.6) is 0 Å². The van der Waals surface area contributed by atoms with Gasteiger partial charge < -0.3 is 15.4 Å². The first-order valence-electron chi connectivity index (χ1n) is 6.85. The molecule has 2 atom stereocenters. The molecule has 2 unspecified atom stereocenters. The smallest absolute Gasteiger partial charge is 0.293 e. The average molecular weight is 271 g/mol. The number of nitrogens with zero attached hydrogens (tertiary/aromatic N) is 1. The van der Waals surface area contributed by atoms with Crippen molar-refractivity contribution >= 4 is 12.4 Å². The summed E-state index contributed by atoms with van der Waals surface area (Å²) in [6.07, 6.45) is 1.87. The highest BCUT2D eigenvalue weighted by Crippen LogP contribution is 2.14. The number of likely N-dealkylation sites (N-methyl/N-ethyl adjacent to an activating group) is 1. The van der Waals surface area contributed by atoms with Gasteiger partial charge in [0.2, 0.25) is 5.91 Å². The molecule has 0 aromatic carbocycles. The maximum Gasteiger partial charge on any atom is 0.293 e. The Labute approximate surface area is 114 Å². The van der Waals surface area contributed by atoms with Gasteiger partial charge in [-0.3, -0.25) is 14.5 Å². The van der Waals surface area contributed by atoms with Gasteiger partial charge in [-0.05, 0) is 26.7 Å². The van der Waals surface area contributed by atoms with Crippen LogP contribution in [0.3, 0.4) is 0 Å². The van der Waals surface area contributed by atoms with Crippen molar-refractivity contribution in [3.8, 4) is 0 Å². The second kappa shape index (κ2) is 8.12. The molecule has 1 saturated heterocycles. The third kappa shape index (κ3) is 5.16. The van der Waals surface area contributed by atoms with Gasteiger partial charge in [0, 0.05) is 32.2 Å². The van der Waals surface area contributed by atoms with Gasteiger partial charge in [-0.25, -0.2) is 0 Å². The van der Waals surface area contributed by atoms with Crippen LogP contribution >= 0.6 is 0 Å². The maximum atomic E-state index is 11.5. The van der Waals surface area contributed by atoms with Crippen LogP contribution in [0, 0.1) is 0 Å². The lowest BCUT2D eigenvalue weighted by Gasteiger charge is -2.29. The van der Waals surface area contributed by atoms with E-state index in [1.807, 2.05) is 0 Å². The normalized spacial score (nSPS) is 22.8. The third-order valence-corrected chi connectivity index (χ3v) is 3.55. The number of carbonyl (C=O) groups excluding carboxylic acids is 2. The van der Waals surface area contributed by atoms with Gasteiger partial charge in [-0.1, -0.05) is 0 Å². The van der Waals surface area contributed by atoms with Crippen molar-refractivity contribution in [3.05, 3.63) is 0 Å². The molecule has 1 aliphatic heterocycles. The van der Waals surface area contributed by atoms with E-state index < -0.39 is 0 Å². The van der Waals surface area contributed by atoms with Crippen LogP contribution in [0.4, 0.5) is 0 Å². The number of rotatable bonds is 8. The van der Waals surface area contributed by atoms with E-state index in [1.165, 1.54) is 0 Å². The number of hydrogen-bond donors (Lipinski definition) is 2. The van der Waals surface area contributed by atoms with Gasteiger partial charge in [-0.2, -0.15) is 0 Å². The second-order valence-corrected chi connectivity index (χ2v) is 5.16. The quantitative estimate of drug-likeness (QED) is 0.470. The fourth-order valence-corrected chi connectivity index (χ4v) is 2.41. The second-order valence-electron chi connectivity index (χ2n) is 5.16. The first-order chi connectivity index (χ1) is 9.08. The molecule has 1 heterocycles. The lowest BCUT2D eigenvalue weighted by molar-refractivity contribution is -0.129. The van der Waals surface area contributed by atoms with E-state index in [2.05, 4.69) is 29.4 Å². The van der Waals surface area contributed by atoms with Crippen LogP contribution in [0.25, 0.3) is 0 Å². The van der Waals surface area contributed by atoms with Crippen molar-refractivity contribution in [3.63, 3.8) is 0 Å². The molecule has 2 N–H and O–H groups in total. The molecule has 110 valence electrons. The van der Waals surface area contributed by atoms with Gasteiger partial charge >= 0.3 is 0 Å². The van der Waals surface area contributed by atoms with Crippen molar-refractivity contribution < 1.29 is 14.3 Å². The summed E-state index contributed by atoms with van der Waals surface area (Å²) in [5, 5.41) is 6.02. The molecule has 0 saturated carbocycles. The van der Waals surface area contributed by atoms with Crippen LogP contribution in [0.1, 0.15) is 26.7 Å². The minimum absolute atomic E-state index is 0.0582. The monoisotopic (exact) mass is 271 g/mol. The Morgan fingerprint density at radius 1 is 1.53 bits per heavy atom. The molecule has 0 spiro atoms. The van der Waals surface area contributed by atoms with Gasteiger partial charge in [0.15, 0.2) is 0 Å². The first kappa shape index (κ1) is 15.9. The highest BCUT2D eigenvalue weighted by molar-refractivity contribution is 5.81. The maximum absolute atomic E-state index is 11.5. The Balaban J connectivity index is 2.38. The van der Waals surface area contributed by atoms with Crippen LogP contribution in [0.15, 0.2) is 0 Å². The third-order valence-electron chi connectivity index (χ3n) is 3.55. The predicted molar refractivity (Wildman–Crippen MR) is 72.7 cm³/mol. The average Bonchev–Trinajstić information content (AvgIpc) is 2.85. The Morgan fingerprint density at radius 3 is 2.84 bits per heavy atom. The zero-order valence-electron chi connectivity index (χ0n) is 12.0. The fraction of sp³-hybridized carbons (Fsp3) is 0.846. The number of carbonyl (C=O) groups is 2. The lowest BCUT2D eigenvalue weighted by Crippen LogP contribution is -2.47. The van der Waals surface area contributed by atoms with Gasteiger partial charge in [0.1, 0.15) is 6.61 Å². The molecule has 0 bridgehead atoms. The molecular weight excluding hydrogens is 246 g/mol. The molecule has 0 aromatic heterocycles. The van der Waals surface area contributed by atoms with E-state index in [4.69, 9.17) is 4.74 Å². The van der Waals surface area contributed by atoms with Crippen molar-refractivity contribution in [2.45, 2.75) is 44.8 Å². The summed E-state index contributed by atoms with van der Waals surface area (Å²) in [5.74, 6) is 0.0582. The van der Waals surface area contributed by atoms with Crippen molar-refractivity contribution in [2.75, 3.05) is 26.7 Å². The fourth-order valence-electron chi connectivity index (χ4n) is 2.41. The summed E-state index contributed by atoms with van der Waals surface area (Å²) >= 11 is 0. The van der Waals surface area contributed by atoms with E-state index in [0.29, 0.717) is 25.2 Å². The van der Waals surface area contributed by atoms with Crippen molar-refractivity contribution in [1.29, 1.82) is 0 Å². The summed E-state index contributed by atoms with van der Waals surface area (Å²) in [4.78, 5) is 24.0. The van der Waals surface area contributed by atoms with Crippen LogP contribution in [-0.2, 0) is 14.3 Å². The molecule has 6 heteroatoms. The molecule has 0 radical (unpaired) electrons. The van der Waals surface area contributed by atoms with E-state index >= 15 is 0 Å². The molecule has 0 aliphatic carbocycles. The molecule has 1 rings (SSSR count). The molecule has 19 heavy (non-hydrogen) atoms. The SMILES string of the molecule is CNC(=O)C1CCC(CN(CCOC=O)C(C)C)N1. The van der Waals surface area contributed by atoms with Crippen molar-refractivity contribution in [1.82, 2.24) is 15.5 Å². The molecule has 1 amide bonds. The lowest BCUT2D eigenvalue weighted by atomic mass is 10.1. The zero-order valence-corrected chi connectivity index (χ0v) is 12.0. The minimum atomic E-state index is -0.0739. The van der Waals surface area contributed by atoms with Crippen LogP contribution < -0.4 is 10.6 Å². The minimum Gasteiger partial charge on any atom is -0.467 e. The summed E-state index contributed by atoms with van der Waals surface area (Å²) in [6.45, 7) is 6.71. The topological polar surface area (TPSA) is 70.7 Å². The Morgan fingerprint density at radius 2 is 2.26 bits per heavy atom. The zero-order chi connectivity index (χ0) is 14.3. The first-order valence-corrected chi connectivity index (χ1v) is 6.85.